The van der Waals surface area contributed by atoms with E-state index < -0.39 is 0 Å². The molecule has 106 valence electrons. The van der Waals surface area contributed by atoms with Gasteiger partial charge in [0.15, 0.2) is 5.69 Å². The Bertz CT molecular complexity index is 422. The Kier molecular flexibility index (Phi) is 4.52. The van der Waals surface area contributed by atoms with E-state index in [1.807, 2.05) is 11.7 Å². The van der Waals surface area contributed by atoms with Crippen LogP contribution in [0.15, 0.2) is 6.20 Å². The fraction of sp³-hybridized carbons (Fsp3) is 0.769. The maximum absolute atomic E-state index is 12.2. The summed E-state index contributed by atoms with van der Waals surface area (Å²) in [4.78, 5) is 13.9. The molecule has 1 aliphatic rings. The third-order valence-electron chi connectivity index (χ3n) is 3.40. The normalized spacial score (nSPS) is 16.8. The van der Waals surface area contributed by atoms with Crippen molar-refractivity contribution in [2.45, 2.75) is 32.7 Å². The topological polar surface area (TPSA) is 63.1 Å². The molecule has 0 spiro atoms. The van der Waals surface area contributed by atoms with Crippen LogP contribution < -0.4 is 5.32 Å². The van der Waals surface area contributed by atoms with E-state index >= 15 is 0 Å². The molecule has 1 N–H and O–H groups in total. The average Bonchev–Trinajstić information content (AvgIpc) is 2.87. The molecule has 1 saturated heterocycles. The quantitative estimate of drug-likeness (QED) is 0.879. The third-order valence-corrected chi connectivity index (χ3v) is 3.40. The summed E-state index contributed by atoms with van der Waals surface area (Å²) in [7, 11) is 1.81. The standard InChI is InChI=1S/C13H23N5O/c1-10(2)8-17(3)13(19)12-9-18(16-15-12)11-4-6-14-7-5-11/h9-11,14H,4-8H2,1-3H3. The Labute approximate surface area is 114 Å². The molecular weight excluding hydrogens is 242 g/mol. The minimum atomic E-state index is -0.0473. The molecule has 1 aromatic rings. The molecular formula is C13H23N5O. The van der Waals surface area contributed by atoms with Gasteiger partial charge in [-0.3, -0.25) is 4.79 Å². The van der Waals surface area contributed by atoms with Crippen LogP contribution in [0.3, 0.4) is 0 Å². The fourth-order valence-electron chi connectivity index (χ4n) is 2.45. The second kappa shape index (κ2) is 6.14. The van der Waals surface area contributed by atoms with E-state index in [2.05, 4.69) is 29.5 Å². The number of piperidine rings is 1. The minimum Gasteiger partial charge on any atom is -0.340 e. The molecule has 1 aliphatic heterocycles. The second-order valence-electron chi connectivity index (χ2n) is 5.64. The Morgan fingerprint density at radius 2 is 2.21 bits per heavy atom. The van der Waals surface area contributed by atoms with Crippen LogP contribution in [0.5, 0.6) is 0 Å². The van der Waals surface area contributed by atoms with Gasteiger partial charge in [0.2, 0.25) is 0 Å². The van der Waals surface area contributed by atoms with Crippen molar-refractivity contribution >= 4 is 5.91 Å². The van der Waals surface area contributed by atoms with E-state index in [-0.39, 0.29) is 5.91 Å². The Balaban J connectivity index is 2.01. The van der Waals surface area contributed by atoms with E-state index in [1.165, 1.54) is 0 Å². The van der Waals surface area contributed by atoms with Crippen molar-refractivity contribution in [2.24, 2.45) is 5.92 Å². The number of hydrogen-bond acceptors (Lipinski definition) is 4. The first-order valence-electron chi connectivity index (χ1n) is 6.96. The molecule has 0 aliphatic carbocycles. The lowest BCUT2D eigenvalue weighted by Gasteiger charge is -2.22. The lowest BCUT2D eigenvalue weighted by Crippen LogP contribution is -2.31. The van der Waals surface area contributed by atoms with E-state index in [9.17, 15) is 4.79 Å². The van der Waals surface area contributed by atoms with Crippen molar-refractivity contribution in [2.75, 3.05) is 26.7 Å². The summed E-state index contributed by atoms with van der Waals surface area (Å²) in [5.41, 5.74) is 0.446. The zero-order valence-electron chi connectivity index (χ0n) is 12.0. The Morgan fingerprint density at radius 3 is 2.84 bits per heavy atom. The van der Waals surface area contributed by atoms with Crippen LogP contribution in [0.2, 0.25) is 0 Å². The predicted molar refractivity (Wildman–Crippen MR) is 73.0 cm³/mol. The summed E-state index contributed by atoms with van der Waals surface area (Å²) in [6.07, 6.45) is 3.87. The summed E-state index contributed by atoms with van der Waals surface area (Å²) in [5.74, 6) is 0.405. The number of rotatable bonds is 4. The highest BCUT2D eigenvalue weighted by Crippen LogP contribution is 2.17. The molecule has 19 heavy (non-hydrogen) atoms. The number of carbonyl (C=O) groups is 1. The lowest BCUT2D eigenvalue weighted by molar-refractivity contribution is 0.0773. The van der Waals surface area contributed by atoms with Crippen LogP contribution in [0.1, 0.15) is 43.2 Å². The van der Waals surface area contributed by atoms with Crippen molar-refractivity contribution < 1.29 is 4.79 Å². The van der Waals surface area contributed by atoms with E-state index in [0.717, 1.165) is 32.5 Å². The summed E-state index contributed by atoms with van der Waals surface area (Å²) in [6, 6.07) is 0.366. The summed E-state index contributed by atoms with van der Waals surface area (Å²) in [5, 5.41) is 11.5. The van der Waals surface area contributed by atoms with Gasteiger partial charge in [-0.05, 0) is 31.8 Å². The number of amides is 1. The van der Waals surface area contributed by atoms with Gasteiger partial charge >= 0.3 is 0 Å². The van der Waals surface area contributed by atoms with Gasteiger partial charge in [-0.15, -0.1) is 5.10 Å². The van der Waals surface area contributed by atoms with Gasteiger partial charge < -0.3 is 10.2 Å². The molecule has 1 aromatic heterocycles. The molecule has 0 unspecified atom stereocenters. The molecule has 6 nitrogen and oxygen atoms in total. The number of hydrogen-bond donors (Lipinski definition) is 1. The first-order chi connectivity index (χ1) is 9.08. The van der Waals surface area contributed by atoms with Crippen LogP contribution in [0.4, 0.5) is 0 Å². The Hall–Kier alpha value is -1.43. The van der Waals surface area contributed by atoms with Crippen molar-refractivity contribution in [1.82, 2.24) is 25.2 Å². The first-order valence-corrected chi connectivity index (χ1v) is 6.96. The number of nitrogens with one attached hydrogen (secondary N) is 1. The summed E-state index contributed by atoms with van der Waals surface area (Å²) in [6.45, 7) is 6.92. The van der Waals surface area contributed by atoms with Crippen molar-refractivity contribution in [3.8, 4) is 0 Å². The highest BCUT2D eigenvalue weighted by Gasteiger charge is 2.20. The molecule has 0 radical (unpaired) electrons. The predicted octanol–water partition coefficient (Wildman–Crippen LogP) is 0.931. The van der Waals surface area contributed by atoms with Gasteiger partial charge in [0.05, 0.1) is 12.2 Å². The van der Waals surface area contributed by atoms with Gasteiger partial charge in [0, 0.05) is 13.6 Å². The monoisotopic (exact) mass is 265 g/mol. The molecule has 2 rings (SSSR count). The number of aromatic nitrogens is 3. The van der Waals surface area contributed by atoms with E-state index in [1.54, 1.807) is 11.1 Å². The molecule has 1 amide bonds. The summed E-state index contributed by atoms with van der Waals surface area (Å²) < 4.78 is 1.84. The Morgan fingerprint density at radius 1 is 1.53 bits per heavy atom. The van der Waals surface area contributed by atoms with Crippen LogP contribution >= 0.6 is 0 Å². The SMILES string of the molecule is CC(C)CN(C)C(=O)c1cn(C2CCNCC2)nn1. The van der Waals surface area contributed by atoms with Gasteiger partial charge in [0.25, 0.3) is 5.91 Å². The number of carbonyl (C=O) groups excluding carboxylic acids is 1. The average molecular weight is 265 g/mol. The second-order valence-corrected chi connectivity index (χ2v) is 5.64. The molecule has 0 bridgehead atoms. The largest absolute Gasteiger partial charge is 0.340 e. The molecule has 2 heterocycles. The number of nitrogens with zero attached hydrogens (tertiary/aromatic N) is 4. The zero-order valence-corrected chi connectivity index (χ0v) is 12.0. The van der Waals surface area contributed by atoms with Crippen molar-refractivity contribution in [3.63, 3.8) is 0 Å². The van der Waals surface area contributed by atoms with E-state index in [4.69, 9.17) is 0 Å². The molecule has 6 heteroatoms. The first kappa shape index (κ1) is 14.0. The van der Waals surface area contributed by atoms with Crippen molar-refractivity contribution in [3.05, 3.63) is 11.9 Å². The summed E-state index contributed by atoms with van der Waals surface area (Å²) >= 11 is 0. The third kappa shape index (κ3) is 3.53. The van der Waals surface area contributed by atoms with Gasteiger partial charge in [-0.25, -0.2) is 4.68 Å². The van der Waals surface area contributed by atoms with Gasteiger partial charge in [-0.1, -0.05) is 19.1 Å². The maximum Gasteiger partial charge on any atom is 0.275 e. The molecule has 1 fully saturated rings. The molecule has 0 atom stereocenters. The smallest absolute Gasteiger partial charge is 0.275 e. The van der Waals surface area contributed by atoms with Crippen LogP contribution in [0, 0.1) is 5.92 Å². The molecule has 0 saturated carbocycles. The van der Waals surface area contributed by atoms with Crippen molar-refractivity contribution in [1.29, 1.82) is 0 Å². The fourth-order valence-corrected chi connectivity index (χ4v) is 2.45. The maximum atomic E-state index is 12.2. The lowest BCUT2D eigenvalue weighted by atomic mass is 10.1. The van der Waals surface area contributed by atoms with Crippen LogP contribution in [-0.4, -0.2) is 52.5 Å². The van der Waals surface area contributed by atoms with Gasteiger partial charge in [0.1, 0.15) is 0 Å². The highest BCUT2D eigenvalue weighted by molar-refractivity contribution is 5.91. The highest BCUT2D eigenvalue weighted by atomic mass is 16.2. The van der Waals surface area contributed by atoms with Crippen LogP contribution in [0.25, 0.3) is 0 Å². The zero-order chi connectivity index (χ0) is 13.8. The molecule has 0 aromatic carbocycles. The van der Waals surface area contributed by atoms with E-state index in [0.29, 0.717) is 17.7 Å². The van der Waals surface area contributed by atoms with Gasteiger partial charge in [-0.2, -0.15) is 0 Å². The minimum absolute atomic E-state index is 0.0473. The van der Waals surface area contributed by atoms with Crippen LogP contribution in [-0.2, 0) is 0 Å².